The van der Waals surface area contributed by atoms with E-state index in [0.717, 1.165) is 0 Å². The average Bonchev–Trinajstić information content (AvgIpc) is 2.02. The maximum Gasteiger partial charge on any atom is 0.240 e. The van der Waals surface area contributed by atoms with E-state index in [1.54, 1.807) is 6.08 Å². The van der Waals surface area contributed by atoms with Crippen molar-refractivity contribution in [1.82, 2.24) is 0 Å². The van der Waals surface area contributed by atoms with E-state index in [2.05, 4.69) is 11.1 Å². The maximum atomic E-state index is 10.0. The molecule has 0 spiro atoms. The number of hydrogen-bond acceptors (Lipinski definition) is 3. The van der Waals surface area contributed by atoms with Crippen LogP contribution in [0.3, 0.4) is 0 Å². The average molecular weight is 191 g/mol. The quantitative estimate of drug-likeness (QED) is 0.531. The van der Waals surface area contributed by atoms with Crippen molar-refractivity contribution in [1.29, 1.82) is 0 Å². The summed E-state index contributed by atoms with van der Waals surface area (Å²) in [7, 11) is 0. The molecule has 3 heteroatoms. The lowest BCUT2D eigenvalue weighted by atomic mass is 10.0. The smallest absolute Gasteiger partial charge is 0.211 e. The second kappa shape index (κ2) is 3.77. The molecule has 2 nitrogen and oxygen atoms in total. The lowest BCUT2D eigenvalue weighted by Crippen LogP contribution is -2.14. The van der Waals surface area contributed by atoms with Gasteiger partial charge in [-0.05, 0) is 17.7 Å². The molecule has 0 aromatic heterocycles. The van der Waals surface area contributed by atoms with Gasteiger partial charge in [0.15, 0.2) is 0 Å². The fraction of sp³-hybridized carbons (Fsp3) is 0.300. The van der Waals surface area contributed by atoms with E-state index in [4.69, 9.17) is 0 Å². The summed E-state index contributed by atoms with van der Waals surface area (Å²) in [5.74, 6) is 3.04. The van der Waals surface area contributed by atoms with Gasteiger partial charge in [-0.2, -0.15) is 16.8 Å². The SMILES string of the molecule is O=C=Nc1cccc(C2CSC2)c1. The molecule has 0 atom stereocenters. The molecule has 1 saturated heterocycles. The van der Waals surface area contributed by atoms with Crippen molar-refractivity contribution in [3.8, 4) is 0 Å². The van der Waals surface area contributed by atoms with Gasteiger partial charge in [0.1, 0.15) is 0 Å². The van der Waals surface area contributed by atoms with Gasteiger partial charge < -0.3 is 0 Å². The van der Waals surface area contributed by atoms with Gasteiger partial charge in [0, 0.05) is 17.4 Å². The van der Waals surface area contributed by atoms with Gasteiger partial charge in [-0.25, -0.2) is 4.79 Å². The number of isocyanates is 1. The van der Waals surface area contributed by atoms with E-state index in [9.17, 15) is 4.79 Å². The number of aliphatic imine (C=N–C) groups is 1. The number of carbonyl (C=O) groups excluding carboxylic acids is 1. The minimum atomic E-state index is 0.659. The van der Waals surface area contributed by atoms with Crippen LogP contribution in [0.4, 0.5) is 5.69 Å². The van der Waals surface area contributed by atoms with Crippen LogP contribution in [0, 0.1) is 0 Å². The van der Waals surface area contributed by atoms with Crippen molar-refractivity contribution in [3.05, 3.63) is 29.8 Å². The molecule has 1 aromatic carbocycles. The summed E-state index contributed by atoms with van der Waals surface area (Å²) < 4.78 is 0. The molecule has 1 fully saturated rings. The predicted molar refractivity (Wildman–Crippen MR) is 54.3 cm³/mol. The van der Waals surface area contributed by atoms with Gasteiger partial charge in [0.2, 0.25) is 6.08 Å². The molecular weight excluding hydrogens is 182 g/mol. The van der Waals surface area contributed by atoms with Crippen LogP contribution >= 0.6 is 11.8 Å². The van der Waals surface area contributed by atoms with Crippen LogP contribution in [0.15, 0.2) is 29.3 Å². The summed E-state index contributed by atoms with van der Waals surface area (Å²) in [5, 5.41) is 0. The zero-order valence-electron chi connectivity index (χ0n) is 7.06. The standard InChI is InChI=1S/C10H9NOS/c12-7-11-10-3-1-2-8(4-10)9-5-13-6-9/h1-4,9H,5-6H2. The van der Waals surface area contributed by atoms with Gasteiger partial charge >= 0.3 is 0 Å². The molecule has 13 heavy (non-hydrogen) atoms. The largest absolute Gasteiger partial charge is 0.240 e. The molecular formula is C10H9NOS. The van der Waals surface area contributed by atoms with Crippen LogP contribution in [0.5, 0.6) is 0 Å². The molecule has 1 heterocycles. The lowest BCUT2D eigenvalue weighted by molar-refractivity contribution is 0.565. The predicted octanol–water partition coefficient (Wildman–Crippen LogP) is 2.48. The van der Waals surface area contributed by atoms with E-state index < -0.39 is 0 Å². The van der Waals surface area contributed by atoms with Gasteiger partial charge in [-0.3, -0.25) is 0 Å². The van der Waals surface area contributed by atoms with E-state index in [-0.39, 0.29) is 0 Å². The lowest BCUT2D eigenvalue weighted by Gasteiger charge is -2.25. The Morgan fingerprint density at radius 1 is 1.46 bits per heavy atom. The summed E-state index contributed by atoms with van der Waals surface area (Å²) in [5.41, 5.74) is 2.00. The number of hydrogen-bond donors (Lipinski definition) is 0. The first-order chi connectivity index (χ1) is 6.40. The van der Waals surface area contributed by atoms with Gasteiger partial charge in [0.05, 0.1) is 5.69 Å². The topological polar surface area (TPSA) is 29.4 Å². The molecule has 0 unspecified atom stereocenters. The molecule has 0 N–H and O–H groups in total. The zero-order valence-corrected chi connectivity index (χ0v) is 7.88. The zero-order chi connectivity index (χ0) is 9.10. The molecule has 0 saturated carbocycles. The molecule has 1 aromatic rings. The Balaban J connectivity index is 2.25. The summed E-state index contributed by atoms with van der Waals surface area (Å²) >= 11 is 1.95. The van der Waals surface area contributed by atoms with Crippen molar-refractivity contribution >= 4 is 23.5 Å². The first-order valence-electron chi connectivity index (χ1n) is 4.16. The van der Waals surface area contributed by atoms with Crippen molar-refractivity contribution in [2.24, 2.45) is 4.99 Å². The Kier molecular flexibility index (Phi) is 2.48. The first kappa shape index (κ1) is 8.54. The van der Waals surface area contributed by atoms with Crippen LogP contribution < -0.4 is 0 Å². The highest BCUT2D eigenvalue weighted by molar-refractivity contribution is 8.00. The Labute approximate surface area is 81.1 Å². The third-order valence-electron chi connectivity index (χ3n) is 2.15. The molecule has 0 radical (unpaired) electrons. The van der Waals surface area contributed by atoms with Crippen molar-refractivity contribution in [3.63, 3.8) is 0 Å². The van der Waals surface area contributed by atoms with Gasteiger partial charge in [0.25, 0.3) is 0 Å². The molecule has 0 aliphatic carbocycles. The number of thioether (sulfide) groups is 1. The summed E-state index contributed by atoms with van der Waals surface area (Å²) in [6.45, 7) is 0. The van der Waals surface area contributed by atoms with E-state index in [0.29, 0.717) is 11.6 Å². The molecule has 1 aliphatic rings. The minimum absolute atomic E-state index is 0.659. The van der Waals surface area contributed by atoms with E-state index in [1.807, 2.05) is 30.0 Å². The van der Waals surface area contributed by atoms with Crippen LogP contribution in [0.1, 0.15) is 11.5 Å². The van der Waals surface area contributed by atoms with Crippen LogP contribution in [-0.2, 0) is 4.79 Å². The highest BCUT2D eigenvalue weighted by Crippen LogP contribution is 2.34. The monoisotopic (exact) mass is 191 g/mol. The van der Waals surface area contributed by atoms with E-state index in [1.165, 1.54) is 17.1 Å². The van der Waals surface area contributed by atoms with Crippen molar-refractivity contribution in [2.45, 2.75) is 5.92 Å². The first-order valence-corrected chi connectivity index (χ1v) is 5.31. The Hall–Kier alpha value is -1.05. The molecule has 0 bridgehead atoms. The second-order valence-corrected chi connectivity index (χ2v) is 4.11. The third-order valence-corrected chi connectivity index (χ3v) is 3.43. The Bertz CT molecular complexity index is 354. The Morgan fingerprint density at radius 3 is 2.92 bits per heavy atom. The molecule has 1 aliphatic heterocycles. The Morgan fingerprint density at radius 2 is 2.31 bits per heavy atom. The molecule has 66 valence electrons. The number of nitrogens with zero attached hydrogens (tertiary/aromatic N) is 1. The maximum absolute atomic E-state index is 10.0. The number of benzene rings is 1. The normalized spacial score (nSPS) is 16.0. The van der Waals surface area contributed by atoms with Gasteiger partial charge in [-0.1, -0.05) is 12.1 Å². The van der Waals surface area contributed by atoms with Crippen molar-refractivity contribution in [2.75, 3.05) is 11.5 Å². The number of rotatable bonds is 2. The highest BCUT2D eigenvalue weighted by Gasteiger charge is 2.19. The molecule has 0 amide bonds. The van der Waals surface area contributed by atoms with Crippen LogP contribution in [0.2, 0.25) is 0 Å². The fourth-order valence-corrected chi connectivity index (χ4v) is 2.19. The summed E-state index contributed by atoms with van der Waals surface area (Å²) in [6, 6.07) is 7.82. The summed E-state index contributed by atoms with van der Waals surface area (Å²) in [4.78, 5) is 13.6. The second-order valence-electron chi connectivity index (χ2n) is 3.03. The van der Waals surface area contributed by atoms with Crippen LogP contribution in [0.25, 0.3) is 0 Å². The van der Waals surface area contributed by atoms with Crippen molar-refractivity contribution < 1.29 is 4.79 Å². The highest BCUT2D eigenvalue weighted by atomic mass is 32.2. The third kappa shape index (κ3) is 1.82. The molecule has 2 rings (SSSR count). The fourth-order valence-electron chi connectivity index (χ4n) is 1.33. The summed E-state index contributed by atoms with van der Waals surface area (Å²) in [6.07, 6.45) is 1.56. The van der Waals surface area contributed by atoms with E-state index >= 15 is 0 Å². The minimum Gasteiger partial charge on any atom is -0.211 e. The van der Waals surface area contributed by atoms with Gasteiger partial charge in [-0.15, -0.1) is 0 Å². The van der Waals surface area contributed by atoms with Crippen LogP contribution in [-0.4, -0.2) is 17.6 Å².